The van der Waals surface area contributed by atoms with Crippen LogP contribution in [0.2, 0.25) is 0 Å². The molecule has 0 bridgehead atoms. The first-order valence-corrected chi connectivity index (χ1v) is 6.62. The number of aromatic nitrogens is 1. The molecule has 100 valence electrons. The molecule has 3 aromatic rings. The molecule has 0 spiro atoms. The molecule has 0 saturated heterocycles. The number of nitrogens with zero attached hydrogens (tertiary/aromatic N) is 2. The Balaban J connectivity index is 1.98. The molecule has 2 radical (unpaired) electrons. The summed E-state index contributed by atoms with van der Waals surface area (Å²) < 4.78 is 7.25. The van der Waals surface area contributed by atoms with Gasteiger partial charge in [0.25, 0.3) is 0 Å². The Bertz CT molecular complexity index is 828. The van der Waals surface area contributed by atoms with Gasteiger partial charge in [-0.1, -0.05) is 17.6 Å². The number of methoxy groups -OCH3 is 1. The first-order chi connectivity index (χ1) is 10.2. The fourth-order valence-electron chi connectivity index (χ4n) is 2.45. The summed E-state index contributed by atoms with van der Waals surface area (Å²) >= 11 is 0. The third-order valence-electron chi connectivity index (χ3n) is 3.55. The highest BCUT2D eigenvalue weighted by Gasteiger charge is 2.06. The van der Waals surface area contributed by atoms with Crippen LogP contribution in [0.4, 0.5) is 0 Å². The number of hydrogen-bond donors (Lipinski definition) is 0. The van der Waals surface area contributed by atoms with Gasteiger partial charge in [-0.3, -0.25) is 0 Å². The van der Waals surface area contributed by atoms with Crippen LogP contribution in [-0.2, 0) is 6.54 Å². The van der Waals surface area contributed by atoms with E-state index in [1.165, 1.54) is 0 Å². The Morgan fingerprint density at radius 1 is 1.19 bits per heavy atom. The van der Waals surface area contributed by atoms with Gasteiger partial charge in [-0.25, -0.2) is 0 Å². The van der Waals surface area contributed by atoms with Gasteiger partial charge in [-0.05, 0) is 47.5 Å². The summed E-state index contributed by atoms with van der Waals surface area (Å²) in [7, 11) is 7.70. The Morgan fingerprint density at radius 2 is 1.95 bits per heavy atom. The second-order valence-electron chi connectivity index (χ2n) is 4.90. The highest BCUT2D eigenvalue weighted by Crippen LogP contribution is 2.18. The lowest BCUT2D eigenvalue weighted by atomic mass is 9.95. The number of hydrogen-bond acceptors (Lipinski definition) is 2. The molecule has 0 N–H and O–H groups in total. The summed E-state index contributed by atoms with van der Waals surface area (Å²) in [6.45, 7) is 0.726. The maximum Gasteiger partial charge on any atom is 0.118 e. The molecule has 0 amide bonds. The van der Waals surface area contributed by atoms with Crippen LogP contribution < -0.4 is 10.2 Å². The molecule has 0 unspecified atom stereocenters. The highest BCUT2D eigenvalue weighted by atomic mass is 16.5. The molecule has 1 heterocycles. The molecule has 4 heteroatoms. The predicted octanol–water partition coefficient (Wildman–Crippen LogP) is 2.36. The van der Waals surface area contributed by atoms with Gasteiger partial charge in [-0.15, -0.1) is 0 Å². The van der Waals surface area contributed by atoms with Crippen molar-refractivity contribution >= 4 is 24.2 Å². The van der Waals surface area contributed by atoms with Crippen LogP contribution in [0.1, 0.15) is 11.1 Å². The van der Waals surface area contributed by atoms with Gasteiger partial charge >= 0.3 is 0 Å². The van der Waals surface area contributed by atoms with Crippen LogP contribution in [0.3, 0.4) is 0 Å². The molecule has 0 fully saturated rings. The van der Waals surface area contributed by atoms with E-state index in [1.807, 2.05) is 48.7 Å². The van der Waals surface area contributed by atoms with Gasteiger partial charge in [0.15, 0.2) is 0 Å². The van der Waals surface area contributed by atoms with E-state index in [2.05, 4.69) is 10.6 Å². The molecule has 3 rings (SSSR count). The van der Waals surface area contributed by atoms with Crippen molar-refractivity contribution in [3.8, 4) is 11.8 Å². The molecule has 0 atom stereocenters. The molecule has 0 aliphatic rings. The van der Waals surface area contributed by atoms with E-state index in [4.69, 9.17) is 17.8 Å². The van der Waals surface area contributed by atoms with E-state index >= 15 is 0 Å². The van der Waals surface area contributed by atoms with Gasteiger partial charge in [-0.2, -0.15) is 5.26 Å². The predicted molar refractivity (Wildman–Crippen MR) is 84.1 cm³/mol. The van der Waals surface area contributed by atoms with Gasteiger partial charge in [0.1, 0.15) is 13.6 Å². The van der Waals surface area contributed by atoms with Crippen LogP contribution in [0.15, 0.2) is 48.7 Å². The summed E-state index contributed by atoms with van der Waals surface area (Å²) in [6.07, 6.45) is 1.91. The average molecular weight is 272 g/mol. The summed E-state index contributed by atoms with van der Waals surface area (Å²) in [6, 6.07) is 15.7. The first kappa shape index (κ1) is 13.3. The summed E-state index contributed by atoms with van der Waals surface area (Å²) in [5, 5.41) is 9.89. The molecule has 0 aliphatic heterocycles. The van der Waals surface area contributed by atoms with Crippen molar-refractivity contribution in [2.75, 3.05) is 7.11 Å². The van der Waals surface area contributed by atoms with Gasteiger partial charge in [0.2, 0.25) is 0 Å². The van der Waals surface area contributed by atoms with Crippen LogP contribution in [-0.4, -0.2) is 19.5 Å². The van der Waals surface area contributed by atoms with E-state index in [9.17, 15) is 0 Å². The Kier molecular flexibility index (Phi) is 3.41. The molecule has 0 saturated carbocycles. The van der Waals surface area contributed by atoms with Crippen LogP contribution in [0.5, 0.6) is 5.75 Å². The van der Waals surface area contributed by atoms with Gasteiger partial charge in [0, 0.05) is 12.1 Å². The fourth-order valence-corrected chi connectivity index (χ4v) is 2.45. The molecular weight excluding hydrogens is 259 g/mol. The van der Waals surface area contributed by atoms with Crippen molar-refractivity contribution in [2.45, 2.75) is 6.54 Å². The number of nitriles is 1. The van der Waals surface area contributed by atoms with Crippen molar-refractivity contribution in [2.24, 2.45) is 0 Å². The van der Waals surface area contributed by atoms with E-state index < -0.39 is 0 Å². The minimum atomic E-state index is 0.622. The monoisotopic (exact) mass is 272 g/mol. The fraction of sp³-hybridized carbons (Fsp3) is 0.118. The van der Waals surface area contributed by atoms with Crippen molar-refractivity contribution < 1.29 is 4.74 Å². The second kappa shape index (κ2) is 5.38. The SMILES string of the molecule is [B]c1cn(Cc2ccc(OC)cc2)c2ccc(C#N)cc12. The topological polar surface area (TPSA) is 38.0 Å². The standard InChI is InChI=1S/C17H13BN2O/c1-21-14-5-2-12(3-6-14)10-20-11-16(18)15-8-13(9-19)4-7-17(15)20/h2-8,11H,10H2,1H3. The first-order valence-electron chi connectivity index (χ1n) is 6.62. The summed E-state index contributed by atoms with van der Waals surface area (Å²) in [5.41, 5.74) is 3.51. The van der Waals surface area contributed by atoms with Gasteiger partial charge < -0.3 is 9.30 Å². The molecule has 3 nitrogen and oxygen atoms in total. The largest absolute Gasteiger partial charge is 0.497 e. The maximum absolute atomic E-state index is 8.97. The Hall–Kier alpha value is -2.67. The minimum Gasteiger partial charge on any atom is -0.497 e. The summed E-state index contributed by atoms with van der Waals surface area (Å²) in [5.74, 6) is 0.842. The van der Waals surface area contributed by atoms with E-state index in [-0.39, 0.29) is 0 Å². The average Bonchev–Trinajstić information content (AvgIpc) is 2.83. The number of ether oxygens (including phenoxy) is 1. The zero-order valence-electron chi connectivity index (χ0n) is 11.7. The highest BCUT2D eigenvalue weighted by molar-refractivity contribution is 6.38. The molecule has 1 aromatic heterocycles. The maximum atomic E-state index is 8.97. The number of fused-ring (bicyclic) bond motifs is 1. The normalized spacial score (nSPS) is 10.5. The van der Waals surface area contributed by atoms with Crippen molar-refractivity contribution in [3.05, 3.63) is 59.8 Å². The third kappa shape index (κ3) is 2.51. The minimum absolute atomic E-state index is 0.622. The van der Waals surface area contributed by atoms with Crippen LogP contribution >= 0.6 is 0 Å². The second-order valence-corrected chi connectivity index (χ2v) is 4.90. The summed E-state index contributed by atoms with van der Waals surface area (Å²) in [4.78, 5) is 0. The quantitative estimate of drug-likeness (QED) is 0.686. The van der Waals surface area contributed by atoms with Crippen LogP contribution in [0.25, 0.3) is 10.9 Å². The lowest BCUT2D eigenvalue weighted by molar-refractivity contribution is 0.414. The van der Waals surface area contributed by atoms with E-state index in [0.29, 0.717) is 11.0 Å². The lowest BCUT2D eigenvalue weighted by Gasteiger charge is -2.07. The molecule has 2 aromatic carbocycles. The van der Waals surface area contributed by atoms with Crippen molar-refractivity contribution in [1.29, 1.82) is 5.26 Å². The third-order valence-corrected chi connectivity index (χ3v) is 3.55. The zero-order chi connectivity index (χ0) is 14.8. The zero-order valence-corrected chi connectivity index (χ0v) is 11.7. The van der Waals surface area contributed by atoms with E-state index in [1.54, 1.807) is 7.11 Å². The smallest absolute Gasteiger partial charge is 0.118 e. The Morgan fingerprint density at radius 3 is 2.62 bits per heavy atom. The molecule has 0 aliphatic carbocycles. The molecule has 21 heavy (non-hydrogen) atoms. The van der Waals surface area contributed by atoms with Crippen molar-refractivity contribution in [1.82, 2.24) is 4.57 Å². The van der Waals surface area contributed by atoms with Crippen LogP contribution in [0, 0.1) is 11.3 Å². The number of rotatable bonds is 3. The lowest BCUT2D eigenvalue weighted by Crippen LogP contribution is -2.01. The Labute approximate surface area is 124 Å². The number of benzene rings is 2. The molecular formula is C17H13BN2O. The van der Waals surface area contributed by atoms with Crippen molar-refractivity contribution in [3.63, 3.8) is 0 Å². The van der Waals surface area contributed by atoms with Gasteiger partial charge in [0.05, 0.1) is 18.7 Å². The van der Waals surface area contributed by atoms with E-state index in [0.717, 1.165) is 28.8 Å².